The number of carbonyl (C=O) groups is 14. The van der Waals surface area contributed by atoms with E-state index in [-0.39, 0.29) is 43.1 Å². The molecular formula is C53H82N14O17S2. The highest BCUT2D eigenvalue weighted by molar-refractivity contribution is 8.76. The van der Waals surface area contributed by atoms with Crippen molar-refractivity contribution < 1.29 is 82.4 Å². The van der Waals surface area contributed by atoms with Gasteiger partial charge in [0, 0.05) is 37.3 Å². The van der Waals surface area contributed by atoms with E-state index < -0.39 is 206 Å². The van der Waals surface area contributed by atoms with E-state index in [9.17, 15) is 82.4 Å². The largest absolute Gasteiger partial charge is 0.508 e. The second-order valence-corrected chi connectivity index (χ2v) is 24.2. The number of hydrogen-bond donors (Lipinski definition) is 16. The van der Waals surface area contributed by atoms with Gasteiger partial charge >= 0.3 is 5.97 Å². The molecule has 478 valence electrons. The lowest BCUT2D eigenvalue weighted by Gasteiger charge is -2.32. The molecule has 2 saturated heterocycles. The molecule has 12 atom stereocenters. The minimum Gasteiger partial charge on any atom is -0.508 e. The first kappa shape index (κ1) is 72.5. The Hall–Kier alpha value is -7.78. The molecular weight excluding hydrogens is 1170 g/mol. The van der Waals surface area contributed by atoms with Gasteiger partial charge in [-0.05, 0) is 61.1 Å². The predicted molar refractivity (Wildman–Crippen MR) is 311 cm³/mol. The van der Waals surface area contributed by atoms with Crippen molar-refractivity contribution in [3.05, 3.63) is 29.8 Å². The van der Waals surface area contributed by atoms with Crippen LogP contribution in [0, 0.1) is 17.8 Å². The number of fused-ring (bicyclic) bond motifs is 1. The summed E-state index contributed by atoms with van der Waals surface area (Å²) in [6.07, 6.45) is -2.56. The summed E-state index contributed by atoms with van der Waals surface area (Å²) >= 11 is 0. The highest BCUT2D eigenvalue weighted by Gasteiger charge is 2.42. The molecule has 0 radical (unpaired) electrons. The first-order chi connectivity index (χ1) is 40.4. The van der Waals surface area contributed by atoms with Gasteiger partial charge in [0.2, 0.25) is 76.8 Å². The van der Waals surface area contributed by atoms with Crippen molar-refractivity contribution in [2.75, 3.05) is 24.7 Å². The van der Waals surface area contributed by atoms with Crippen molar-refractivity contribution in [2.45, 2.75) is 166 Å². The lowest BCUT2D eigenvalue weighted by Crippen LogP contribution is -2.62. The van der Waals surface area contributed by atoms with E-state index in [4.69, 9.17) is 22.9 Å². The van der Waals surface area contributed by atoms with Crippen LogP contribution in [0.5, 0.6) is 5.75 Å². The molecule has 2 aliphatic heterocycles. The number of rotatable bonds is 16. The Morgan fingerprint density at radius 3 is 1.55 bits per heavy atom. The number of hydrogen-bond acceptors (Lipinski definition) is 19. The Labute approximate surface area is 504 Å². The summed E-state index contributed by atoms with van der Waals surface area (Å²) in [4.78, 5) is 191. The number of aromatic hydroxyl groups is 1. The standard InChI is InChI=1S/C53H82N14O17S2/c1-7-26(6)42-51(81)65-41(25(4)5)49(79)59-31(15-17-38(56)71)45(75)63-35(53(83)84)23-86-85-22-29(54)43(73)64-40(24(2)3)50(80)62-34(21-68)47(77)58-30(14-16-37(55)70)44(74)60-32(20-39(57)72)46(76)61-33(19-27-10-12-28(69)13-11-27)52(82)67-18-8-9-36(67)48(78)66-42/h10-13,24-26,29-36,40-42,68-69H,7-9,14-23,54H2,1-6H3,(H2,55,70)(H2,56,71)(H2,57,72)(H,58,77)(H,59,79)(H,60,74)(H,61,76)(H,62,80)(H,63,75)(H,64,73)(H,65,81)(H,66,78)(H,83,84). The number of phenols is 1. The molecule has 3 rings (SSSR count). The fourth-order valence-corrected chi connectivity index (χ4v) is 11.2. The van der Waals surface area contributed by atoms with Gasteiger partial charge in [-0.2, -0.15) is 0 Å². The summed E-state index contributed by atoms with van der Waals surface area (Å²) < 4.78 is 0. The van der Waals surface area contributed by atoms with Gasteiger partial charge in [-0.1, -0.05) is 81.7 Å². The summed E-state index contributed by atoms with van der Waals surface area (Å²) in [6, 6.07) is -11.6. The van der Waals surface area contributed by atoms with Crippen molar-refractivity contribution >= 4 is 104 Å². The quantitative estimate of drug-likeness (QED) is 0.0688. The van der Waals surface area contributed by atoms with Gasteiger partial charge in [0.25, 0.3) is 0 Å². The zero-order valence-electron chi connectivity index (χ0n) is 48.7. The highest BCUT2D eigenvalue weighted by Crippen LogP contribution is 2.24. The number of aliphatic hydroxyl groups is 1. The van der Waals surface area contributed by atoms with E-state index in [1.165, 1.54) is 38.1 Å². The van der Waals surface area contributed by atoms with Gasteiger partial charge in [0.05, 0.1) is 19.1 Å². The van der Waals surface area contributed by atoms with Crippen LogP contribution in [-0.4, -0.2) is 194 Å². The SMILES string of the molecule is CCC(C)C1NC(=O)C2CCCN2C(=O)C(Cc2ccc(O)cc2)NC(=O)C(CC(N)=O)NC(=O)C(CCC(N)=O)NC(=O)C(CO)NC(=O)C(C(C)C)NC(=O)C(N)CSSCC(C(=O)O)NC(=O)C(CCC(N)=O)NC(=O)C(C(C)C)NC1=O. The molecule has 1 aromatic carbocycles. The predicted octanol–water partition coefficient (Wildman–Crippen LogP) is -5.15. The van der Waals surface area contributed by atoms with E-state index in [1.54, 1.807) is 27.7 Å². The molecule has 33 heteroatoms. The molecule has 86 heavy (non-hydrogen) atoms. The van der Waals surface area contributed by atoms with E-state index in [1.807, 2.05) is 0 Å². The van der Waals surface area contributed by atoms with Crippen LogP contribution in [0.2, 0.25) is 0 Å². The first-order valence-corrected chi connectivity index (χ1v) is 30.4. The fraction of sp³-hybridized carbons (Fsp3) is 0.623. The van der Waals surface area contributed by atoms with Crippen LogP contribution in [0.15, 0.2) is 24.3 Å². The number of carbonyl (C=O) groups excluding carboxylic acids is 13. The molecule has 0 aromatic heterocycles. The third-order valence-corrected chi connectivity index (χ3v) is 16.6. The minimum atomic E-state index is -1.90. The number of carboxylic acid groups (broad SMARTS) is 1. The van der Waals surface area contributed by atoms with Gasteiger partial charge in [-0.25, -0.2) is 4.79 Å². The Bertz CT molecular complexity index is 2630. The maximum absolute atomic E-state index is 14.8. The van der Waals surface area contributed by atoms with E-state index in [0.717, 1.165) is 26.5 Å². The number of aliphatic carboxylic acids is 1. The molecule has 2 aliphatic rings. The first-order valence-electron chi connectivity index (χ1n) is 27.9. The summed E-state index contributed by atoms with van der Waals surface area (Å²) in [5.41, 5.74) is 22.8. The van der Waals surface area contributed by atoms with Crippen LogP contribution in [-0.2, 0) is 73.5 Å². The van der Waals surface area contributed by atoms with Crippen molar-refractivity contribution in [3.63, 3.8) is 0 Å². The number of primary amides is 3. The molecule has 13 amide bonds. The number of amides is 13. The second kappa shape index (κ2) is 35.0. The zero-order chi connectivity index (χ0) is 64.7. The van der Waals surface area contributed by atoms with Gasteiger partial charge in [-0.3, -0.25) is 62.3 Å². The van der Waals surface area contributed by atoms with Crippen molar-refractivity contribution in [2.24, 2.45) is 40.7 Å². The fourth-order valence-electron chi connectivity index (χ4n) is 8.91. The number of nitrogens with zero attached hydrogens (tertiary/aromatic N) is 1. The highest BCUT2D eigenvalue weighted by atomic mass is 33.1. The van der Waals surface area contributed by atoms with Crippen molar-refractivity contribution in [1.82, 2.24) is 52.8 Å². The third kappa shape index (κ3) is 22.9. The lowest BCUT2D eigenvalue weighted by atomic mass is 9.95. The van der Waals surface area contributed by atoms with Crippen LogP contribution in [0.3, 0.4) is 0 Å². The molecule has 0 aliphatic carbocycles. The summed E-state index contributed by atoms with van der Waals surface area (Å²) in [5.74, 6) is -17.1. The minimum absolute atomic E-state index is 0.0525. The Morgan fingerprint density at radius 2 is 1.03 bits per heavy atom. The zero-order valence-corrected chi connectivity index (χ0v) is 50.3. The molecule has 0 saturated carbocycles. The molecule has 0 bridgehead atoms. The van der Waals surface area contributed by atoms with Crippen LogP contribution in [0.1, 0.15) is 98.5 Å². The Balaban J connectivity index is 2.17. The van der Waals surface area contributed by atoms with Gasteiger partial charge in [0.1, 0.15) is 66.2 Å². The van der Waals surface area contributed by atoms with Crippen molar-refractivity contribution in [3.8, 4) is 5.75 Å². The summed E-state index contributed by atoms with van der Waals surface area (Å²) in [6.45, 7) is 8.41. The van der Waals surface area contributed by atoms with Gasteiger partial charge in [-0.15, -0.1) is 0 Å². The van der Waals surface area contributed by atoms with Gasteiger partial charge < -0.3 is 91.0 Å². The number of aliphatic hydroxyl groups excluding tert-OH is 1. The number of carboxylic acids is 1. The smallest absolute Gasteiger partial charge is 0.327 e. The van der Waals surface area contributed by atoms with E-state index in [2.05, 4.69) is 47.9 Å². The maximum atomic E-state index is 14.8. The number of phenolic OH excluding ortho intramolecular Hbond substituents is 1. The van der Waals surface area contributed by atoms with Gasteiger partial charge in [0.15, 0.2) is 0 Å². The number of benzene rings is 1. The number of nitrogens with one attached hydrogen (secondary N) is 9. The monoisotopic (exact) mass is 1250 g/mol. The molecule has 2 heterocycles. The van der Waals surface area contributed by atoms with Crippen LogP contribution in [0.4, 0.5) is 0 Å². The lowest BCUT2D eigenvalue weighted by molar-refractivity contribution is -0.143. The van der Waals surface area contributed by atoms with E-state index >= 15 is 0 Å². The van der Waals surface area contributed by atoms with Crippen LogP contribution < -0.4 is 70.8 Å². The molecule has 31 nitrogen and oxygen atoms in total. The maximum Gasteiger partial charge on any atom is 0.327 e. The summed E-state index contributed by atoms with van der Waals surface area (Å²) in [7, 11) is 1.79. The summed E-state index contributed by atoms with van der Waals surface area (Å²) in [5, 5.41) is 52.5. The van der Waals surface area contributed by atoms with Crippen LogP contribution >= 0.6 is 21.6 Å². The second-order valence-electron chi connectivity index (χ2n) is 21.6. The van der Waals surface area contributed by atoms with E-state index in [0.29, 0.717) is 12.0 Å². The Kier molecular flexibility index (Phi) is 29.5. The molecule has 20 N–H and O–H groups in total. The Morgan fingerprint density at radius 1 is 0.581 bits per heavy atom. The topological polar surface area (TPSA) is 515 Å². The molecule has 2 fully saturated rings. The molecule has 12 unspecified atom stereocenters. The molecule has 1 aromatic rings. The van der Waals surface area contributed by atoms with Crippen LogP contribution in [0.25, 0.3) is 0 Å². The van der Waals surface area contributed by atoms with Crippen molar-refractivity contribution in [1.29, 1.82) is 0 Å². The average Bonchev–Trinajstić information content (AvgIpc) is 3.41. The third-order valence-electron chi connectivity index (χ3n) is 14.1. The average molecular weight is 1250 g/mol. The number of nitrogens with two attached hydrogens (primary N) is 4. The normalized spacial score (nSPS) is 26.8. The molecule has 0 spiro atoms.